The summed E-state index contributed by atoms with van der Waals surface area (Å²) < 4.78 is 7.09. The number of nitrogens with zero attached hydrogens (tertiary/aromatic N) is 2. The molecule has 0 radical (unpaired) electrons. The van der Waals surface area contributed by atoms with Gasteiger partial charge in [0.25, 0.3) is 0 Å². The van der Waals surface area contributed by atoms with Crippen molar-refractivity contribution in [3.8, 4) is 11.6 Å². The number of aliphatic hydroxyl groups is 1. The highest BCUT2D eigenvalue weighted by molar-refractivity contribution is 5.88. The fraction of sp³-hybridized carbons (Fsp3) is 0.333. The van der Waals surface area contributed by atoms with Crippen molar-refractivity contribution in [1.29, 1.82) is 0 Å². The number of anilines is 1. The number of carbonyl (C=O) groups excluding carboxylic acids is 1. The van der Waals surface area contributed by atoms with Crippen LogP contribution in [0.1, 0.15) is 19.4 Å². The topological polar surface area (TPSA) is 102 Å². The second kappa shape index (κ2) is 6.07. The maximum Gasteiger partial charge on any atom is 0.317 e. The average molecular weight is 304 g/mol. The lowest BCUT2D eigenvalue weighted by molar-refractivity contribution is 0.0265. The molecule has 0 bridgehead atoms. The van der Waals surface area contributed by atoms with E-state index in [1.807, 2.05) is 30.3 Å². The predicted molar refractivity (Wildman–Crippen MR) is 83.3 cm³/mol. The van der Waals surface area contributed by atoms with Gasteiger partial charge in [-0.1, -0.05) is 18.2 Å². The zero-order valence-corrected chi connectivity index (χ0v) is 12.8. The monoisotopic (exact) mass is 304 g/mol. The first-order chi connectivity index (χ1) is 10.3. The number of para-hydroxylation sites is 1. The van der Waals surface area contributed by atoms with Gasteiger partial charge in [0.2, 0.25) is 5.88 Å². The van der Waals surface area contributed by atoms with Crippen molar-refractivity contribution in [3.05, 3.63) is 35.9 Å². The van der Waals surface area contributed by atoms with E-state index in [0.717, 1.165) is 5.69 Å². The standard InChI is InChI=1S/C15H20N4O3/c1-10-12(17-14(16)20)19(11-7-5-4-6-8-11)18-13(10)22-9-15(2,3)21/h4-8,21H,9H2,1-3H3,(H3,16,17,20). The molecule has 2 rings (SSSR count). The van der Waals surface area contributed by atoms with E-state index in [1.54, 1.807) is 25.5 Å². The molecule has 7 nitrogen and oxygen atoms in total. The molecule has 0 aliphatic heterocycles. The van der Waals surface area contributed by atoms with Gasteiger partial charge in [0.1, 0.15) is 12.4 Å². The van der Waals surface area contributed by atoms with Gasteiger partial charge in [-0.2, -0.15) is 0 Å². The Hall–Kier alpha value is -2.54. The molecule has 0 spiro atoms. The quantitative estimate of drug-likeness (QED) is 0.784. The molecule has 0 fully saturated rings. The molecule has 7 heteroatoms. The van der Waals surface area contributed by atoms with Gasteiger partial charge in [0.15, 0.2) is 0 Å². The van der Waals surface area contributed by atoms with Crippen molar-refractivity contribution in [2.75, 3.05) is 11.9 Å². The average Bonchev–Trinajstić information content (AvgIpc) is 2.74. The van der Waals surface area contributed by atoms with Crippen LogP contribution in [0.4, 0.5) is 10.6 Å². The highest BCUT2D eigenvalue weighted by Gasteiger charge is 2.21. The van der Waals surface area contributed by atoms with Crippen LogP contribution in [-0.4, -0.2) is 33.1 Å². The largest absolute Gasteiger partial charge is 0.473 e. The molecule has 2 aromatic rings. The molecular formula is C15H20N4O3. The Balaban J connectivity index is 2.41. The molecule has 22 heavy (non-hydrogen) atoms. The molecule has 0 saturated carbocycles. The number of ether oxygens (including phenoxy) is 1. The zero-order chi connectivity index (χ0) is 16.3. The zero-order valence-electron chi connectivity index (χ0n) is 12.8. The Kier molecular flexibility index (Phi) is 4.37. The third-order valence-electron chi connectivity index (χ3n) is 2.88. The van der Waals surface area contributed by atoms with E-state index in [-0.39, 0.29) is 6.61 Å². The van der Waals surface area contributed by atoms with Crippen LogP contribution in [0.25, 0.3) is 5.69 Å². The summed E-state index contributed by atoms with van der Waals surface area (Å²) in [4.78, 5) is 11.2. The highest BCUT2D eigenvalue weighted by atomic mass is 16.5. The second-order valence-electron chi connectivity index (χ2n) is 5.62. The number of nitrogens with two attached hydrogens (primary N) is 1. The molecule has 1 aromatic heterocycles. The number of benzene rings is 1. The van der Waals surface area contributed by atoms with Gasteiger partial charge >= 0.3 is 6.03 Å². The van der Waals surface area contributed by atoms with Gasteiger partial charge in [0, 0.05) is 0 Å². The van der Waals surface area contributed by atoms with Crippen molar-refractivity contribution in [1.82, 2.24) is 9.78 Å². The van der Waals surface area contributed by atoms with Crippen molar-refractivity contribution in [3.63, 3.8) is 0 Å². The number of urea groups is 1. The smallest absolute Gasteiger partial charge is 0.317 e. The Labute approximate surface area is 128 Å². The summed E-state index contributed by atoms with van der Waals surface area (Å²) in [6, 6.07) is 8.60. The van der Waals surface area contributed by atoms with Crippen LogP contribution in [0.3, 0.4) is 0 Å². The second-order valence-corrected chi connectivity index (χ2v) is 5.62. The number of hydrogen-bond acceptors (Lipinski definition) is 4. The van der Waals surface area contributed by atoms with Crippen LogP contribution in [0.5, 0.6) is 5.88 Å². The lowest BCUT2D eigenvalue weighted by Gasteiger charge is -2.16. The molecular weight excluding hydrogens is 284 g/mol. The number of aromatic nitrogens is 2. The molecule has 118 valence electrons. The lowest BCUT2D eigenvalue weighted by atomic mass is 10.2. The summed E-state index contributed by atoms with van der Waals surface area (Å²) in [6.07, 6.45) is 0. The molecule has 0 aliphatic carbocycles. The lowest BCUT2D eigenvalue weighted by Crippen LogP contribution is -2.28. The van der Waals surface area contributed by atoms with Crippen LogP contribution >= 0.6 is 0 Å². The third kappa shape index (κ3) is 3.76. The Morgan fingerprint density at radius 2 is 2.05 bits per heavy atom. The number of primary amides is 1. The SMILES string of the molecule is Cc1c(OCC(C)(C)O)nn(-c2ccccc2)c1NC(N)=O. The first-order valence-corrected chi connectivity index (χ1v) is 6.84. The summed E-state index contributed by atoms with van der Waals surface area (Å²) in [6.45, 7) is 5.12. The van der Waals surface area contributed by atoms with E-state index in [0.29, 0.717) is 17.3 Å². The van der Waals surface area contributed by atoms with Crippen molar-refractivity contribution >= 4 is 11.8 Å². The van der Waals surface area contributed by atoms with Crippen LogP contribution < -0.4 is 15.8 Å². The van der Waals surface area contributed by atoms with E-state index >= 15 is 0 Å². The Morgan fingerprint density at radius 1 is 1.41 bits per heavy atom. The molecule has 0 saturated heterocycles. The van der Waals surface area contributed by atoms with Crippen molar-refractivity contribution in [2.45, 2.75) is 26.4 Å². The minimum absolute atomic E-state index is 0.0790. The van der Waals surface area contributed by atoms with Gasteiger partial charge in [-0.3, -0.25) is 5.32 Å². The first kappa shape index (κ1) is 15.8. The number of rotatable bonds is 5. The number of amides is 2. The molecule has 0 unspecified atom stereocenters. The molecule has 0 atom stereocenters. The Morgan fingerprint density at radius 3 is 2.59 bits per heavy atom. The van der Waals surface area contributed by atoms with E-state index < -0.39 is 11.6 Å². The fourth-order valence-corrected chi connectivity index (χ4v) is 1.88. The first-order valence-electron chi connectivity index (χ1n) is 6.84. The fourth-order valence-electron chi connectivity index (χ4n) is 1.88. The number of hydrogen-bond donors (Lipinski definition) is 3. The Bertz CT molecular complexity index is 659. The van der Waals surface area contributed by atoms with Gasteiger partial charge in [-0.05, 0) is 32.9 Å². The van der Waals surface area contributed by atoms with E-state index in [9.17, 15) is 9.90 Å². The predicted octanol–water partition coefficient (Wildman–Crippen LogP) is 1.82. The molecule has 1 heterocycles. The van der Waals surface area contributed by atoms with Gasteiger partial charge < -0.3 is 15.6 Å². The van der Waals surface area contributed by atoms with Gasteiger partial charge in [0.05, 0.1) is 16.9 Å². The normalized spacial score (nSPS) is 11.3. The minimum Gasteiger partial charge on any atom is -0.473 e. The summed E-state index contributed by atoms with van der Waals surface area (Å²) in [5, 5.41) is 16.7. The van der Waals surface area contributed by atoms with E-state index in [1.165, 1.54) is 0 Å². The summed E-state index contributed by atoms with van der Waals surface area (Å²) >= 11 is 0. The number of nitrogens with one attached hydrogen (secondary N) is 1. The van der Waals surface area contributed by atoms with Gasteiger partial charge in [-0.15, -0.1) is 5.10 Å². The van der Waals surface area contributed by atoms with Crippen LogP contribution in [0.2, 0.25) is 0 Å². The van der Waals surface area contributed by atoms with Crippen LogP contribution in [0, 0.1) is 6.92 Å². The maximum absolute atomic E-state index is 11.2. The summed E-state index contributed by atoms with van der Waals surface area (Å²) in [7, 11) is 0. The summed E-state index contributed by atoms with van der Waals surface area (Å²) in [5.41, 5.74) is 5.62. The van der Waals surface area contributed by atoms with Crippen LogP contribution in [0.15, 0.2) is 30.3 Å². The molecule has 4 N–H and O–H groups in total. The summed E-state index contributed by atoms with van der Waals surface area (Å²) in [5.74, 6) is 0.763. The minimum atomic E-state index is -0.986. The molecule has 0 aliphatic rings. The van der Waals surface area contributed by atoms with Crippen molar-refractivity contribution in [2.24, 2.45) is 5.73 Å². The third-order valence-corrected chi connectivity index (χ3v) is 2.88. The van der Waals surface area contributed by atoms with Gasteiger partial charge in [-0.25, -0.2) is 9.48 Å². The maximum atomic E-state index is 11.2. The van der Waals surface area contributed by atoms with Crippen LogP contribution in [-0.2, 0) is 0 Å². The molecule has 1 aromatic carbocycles. The highest BCUT2D eigenvalue weighted by Crippen LogP contribution is 2.28. The van der Waals surface area contributed by atoms with E-state index in [2.05, 4.69) is 10.4 Å². The number of carbonyl (C=O) groups is 1. The van der Waals surface area contributed by atoms with Crippen molar-refractivity contribution < 1.29 is 14.6 Å². The van der Waals surface area contributed by atoms with E-state index in [4.69, 9.17) is 10.5 Å². The molecule has 2 amide bonds.